The van der Waals surface area contributed by atoms with E-state index in [0.29, 0.717) is 10.0 Å². The third kappa shape index (κ3) is 2.55. The van der Waals surface area contributed by atoms with E-state index in [0.717, 1.165) is 0 Å². The van der Waals surface area contributed by atoms with Crippen LogP contribution in [0.25, 0.3) is 0 Å². The van der Waals surface area contributed by atoms with E-state index in [4.69, 9.17) is 21.6 Å². The predicted octanol–water partition coefficient (Wildman–Crippen LogP) is 3.24. The standard InChI is InChI=1S/C11H9BrClNO2/c1-2-16-11(15)7-3-4-10(12)8(5-13)9(7)6-14/h3-4H,2,5H2,1H3. The van der Waals surface area contributed by atoms with Gasteiger partial charge in [-0.25, -0.2) is 4.79 Å². The minimum atomic E-state index is -0.502. The lowest BCUT2D eigenvalue weighted by atomic mass is 10.0. The molecule has 0 aliphatic heterocycles. The summed E-state index contributed by atoms with van der Waals surface area (Å²) < 4.78 is 5.58. The van der Waals surface area contributed by atoms with Crippen molar-refractivity contribution in [3.63, 3.8) is 0 Å². The molecule has 0 aliphatic carbocycles. The first kappa shape index (κ1) is 13.0. The zero-order valence-electron chi connectivity index (χ0n) is 8.59. The highest BCUT2D eigenvalue weighted by Crippen LogP contribution is 2.25. The number of carbonyl (C=O) groups is 1. The van der Waals surface area contributed by atoms with Crippen molar-refractivity contribution in [2.75, 3.05) is 6.61 Å². The molecule has 0 unspecified atom stereocenters. The lowest BCUT2D eigenvalue weighted by molar-refractivity contribution is 0.0526. The van der Waals surface area contributed by atoms with Gasteiger partial charge in [0, 0.05) is 10.4 Å². The average molecular weight is 303 g/mol. The van der Waals surface area contributed by atoms with E-state index in [2.05, 4.69) is 15.9 Å². The molecule has 0 N–H and O–H groups in total. The van der Waals surface area contributed by atoms with Gasteiger partial charge < -0.3 is 4.74 Å². The second-order valence-electron chi connectivity index (χ2n) is 2.91. The van der Waals surface area contributed by atoms with Gasteiger partial charge in [0.05, 0.1) is 17.7 Å². The molecule has 0 bridgehead atoms. The fourth-order valence-corrected chi connectivity index (χ4v) is 2.17. The van der Waals surface area contributed by atoms with Crippen LogP contribution in [0.5, 0.6) is 0 Å². The molecular weight excluding hydrogens is 293 g/mol. The van der Waals surface area contributed by atoms with E-state index in [9.17, 15) is 4.79 Å². The van der Waals surface area contributed by atoms with Crippen LogP contribution in [0.4, 0.5) is 0 Å². The molecule has 0 radical (unpaired) electrons. The molecule has 0 fully saturated rings. The van der Waals surface area contributed by atoms with Crippen LogP contribution in [0.15, 0.2) is 16.6 Å². The Morgan fingerprint density at radius 2 is 2.31 bits per heavy atom. The summed E-state index contributed by atoms with van der Waals surface area (Å²) in [5.74, 6) is -0.339. The normalized spacial score (nSPS) is 9.62. The van der Waals surface area contributed by atoms with Crippen molar-refractivity contribution in [2.24, 2.45) is 0 Å². The molecule has 0 atom stereocenters. The van der Waals surface area contributed by atoms with Gasteiger partial charge in [0.1, 0.15) is 6.07 Å². The van der Waals surface area contributed by atoms with Gasteiger partial charge in [0.2, 0.25) is 0 Å². The zero-order valence-corrected chi connectivity index (χ0v) is 10.9. The van der Waals surface area contributed by atoms with Crippen molar-refractivity contribution in [3.8, 4) is 6.07 Å². The summed E-state index contributed by atoms with van der Waals surface area (Å²) in [5, 5.41) is 9.03. The molecular formula is C11H9BrClNO2. The van der Waals surface area contributed by atoms with Crippen LogP contribution in [0.3, 0.4) is 0 Å². The molecule has 1 aromatic rings. The first-order valence-corrected chi connectivity index (χ1v) is 5.93. The van der Waals surface area contributed by atoms with Gasteiger partial charge in [-0.2, -0.15) is 5.26 Å². The monoisotopic (exact) mass is 301 g/mol. The van der Waals surface area contributed by atoms with Gasteiger partial charge >= 0.3 is 5.97 Å². The highest BCUT2D eigenvalue weighted by Gasteiger charge is 2.17. The van der Waals surface area contributed by atoms with Crippen LogP contribution < -0.4 is 0 Å². The third-order valence-electron chi connectivity index (χ3n) is 2.00. The number of carbonyl (C=O) groups excluding carboxylic acids is 1. The van der Waals surface area contributed by atoms with Crippen LogP contribution in [0, 0.1) is 11.3 Å². The molecule has 0 saturated carbocycles. The predicted molar refractivity (Wildman–Crippen MR) is 64.4 cm³/mol. The summed E-state index contributed by atoms with van der Waals surface area (Å²) in [6, 6.07) is 5.22. The molecule has 16 heavy (non-hydrogen) atoms. The molecule has 0 spiro atoms. The number of hydrogen-bond donors (Lipinski definition) is 0. The largest absolute Gasteiger partial charge is 0.462 e. The molecule has 1 aromatic carbocycles. The highest BCUT2D eigenvalue weighted by molar-refractivity contribution is 9.10. The molecule has 0 aliphatic rings. The smallest absolute Gasteiger partial charge is 0.339 e. The Morgan fingerprint density at radius 1 is 1.62 bits per heavy atom. The first-order valence-electron chi connectivity index (χ1n) is 4.60. The summed E-state index contributed by atoms with van der Waals surface area (Å²) in [5.41, 5.74) is 1.13. The maximum atomic E-state index is 11.6. The second kappa shape index (κ2) is 5.88. The van der Waals surface area contributed by atoms with Gasteiger partial charge in [-0.15, -0.1) is 11.6 Å². The molecule has 84 valence electrons. The van der Waals surface area contributed by atoms with Gasteiger partial charge in [-0.3, -0.25) is 0 Å². The number of nitriles is 1. The zero-order chi connectivity index (χ0) is 12.1. The van der Waals surface area contributed by atoms with E-state index >= 15 is 0 Å². The summed E-state index contributed by atoms with van der Waals surface area (Å²) in [6.45, 7) is 1.99. The van der Waals surface area contributed by atoms with Crippen LogP contribution in [0.2, 0.25) is 0 Å². The quantitative estimate of drug-likeness (QED) is 0.636. The van der Waals surface area contributed by atoms with Gasteiger partial charge in [0.15, 0.2) is 0 Å². The van der Waals surface area contributed by atoms with E-state index in [1.165, 1.54) is 0 Å². The second-order valence-corrected chi connectivity index (χ2v) is 4.04. The maximum Gasteiger partial charge on any atom is 0.339 e. The Labute approximate surface area is 107 Å². The van der Waals surface area contributed by atoms with Crippen LogP contribution in [-0.2, 0) is 10.6 Å². The Morgan fingerprint density at radius 3 is 2.81 bits per heavy atom. The Bertz CT molecular complexity index is 454. The fraction of sp³-hybridized carbons (Fsp3) is 0.273. The fourth-order valence-electron chi connectivity index (χ4n) is 1.26. The molecule has 0 amide bonds. The molecule has 0 saturated heterocycles. The summed E-state index contributed by atoms with van der Waals surface area (Å²) >= 11 is 9.02. The topological polar surface area (TPSA) is 50.1 Å². The number of hydrogen-bond acceptors (Lipinski definition) is 3. The van der Waals surface area contributed by atoms with Crippen LogP contribution >= 0.6 is 27.5 Å². The summed E-state index contributed by atoms with van der Waals surface area (Å²) in [7, 11) is 0. The number of nitrogens with zero attached hydrogens (tertiary/aromatic N) is 1. The van der Waals surface area contributed by atoms with E-state index in [1.807, 2.05) is 6.07 Å². The van der Waals surface area contributed by atoms with Gasteiger partial charge in [-0.05, 0) is 24.6 Å². The third-order valence-corrected chi connectivity index (χ3v) is 3.01. The molecule has 0 heterocycles. The number of esters is 1. The van der Waals surface area contributed by atoms with E-state index in [-0.39, 0.29) is 23.6 Å². The Balaban J connectivity index is 3.31. The molecule has 1 rings (SSSR count). The number of ether oxygens (including phenoxy) is 1. The average Bonchev–Trinajstić information content (AvgIpc) is 2.28. The van der Waals surface area contributed by atoms with Crippen molar-refractivity contribution < 1.29 is 9.53 Å². The maximum absolute atomic E-state index is 11.6. The Kier molecular flexibility index (Phi) is 4.78. The molecule has 5 heteroatoms. The van der Waals surface area contributed by atoms with E-state index in [1.54, 1.807) is 19.1 Å². The lowest BCUT2D eigenvalue weighted by Gasteiger charge is -2.08. The molecule has 0 aromatic heterocycles. The van der Waals surface area contributed by atoms with Crippen LogP contribution in [-0.4, -0.2) is 12.6 Å². The first-order chi connectivity index (χ1) is 7.65. The number of rotatable bonds is 3. The van der Waals surface area contributed by atoms with Crippen molar-refractivity contribution in [3.05, 3.63) is 33.3 Å². The van der Waals surface area contributed by atoms with Crippen LogP contribution in [0.1, 0.15) is 28.4 Å². The van der Waals surface area contributed by atoms with Crippen molar-refractivity contribution in [1.82, 2.24) is 0 Å². The summed E-state index contributed by atoms with van der Waals surface area (Å²) in [6.07, 6.45) is 0. The van der Waals surface area contributed by atoms with E-state index < -0.39 is 5.97 Å². The molecule has 3 nitrogen and oxygen atoms in total. The minimum Gasteiger partial charge on any atom is -0.462 e. The van der Waals surface area contributed by atoms with Crippen molar-refractivity contribution in [1.29, 1.82) is 5.26 Å². The number of alkyl halides is 1. The van der Waals surface area contributed by atoms with Gasteiger partial charge in [-0.1, -0.05) is 15.9 Å². The van der Waals surface area contributed by atoms with Crippen molar-refractivity contribution in [2.45, 2.75) is 12.8 Å². The number of halogens is 2. The highest BCUT2D eigenvalue weighted by atomic mass is 79.9. The minimum absolute atomic E-state index is 0.163. The SMILES string of the molecule is CCOC(=O)c1ccc(Br)c(CCl)c1C#N. The lowest BCUT2D eigenvalue weighted by Crippen LogP contribution is -2.08. The number of benzene rings is 1. The Hall–Kier alpha value is -1.05. The van der Waals surface area contributed by atoms with Gasteiger partial charge in [0.25, 0.3) is 0 Å². The summed E-state index contributed by atoms with van der Waals surface area (Å²) in [4.78, 5) is 11.6. The van der Waals surface area contributed by atoms with Crippen molar-refractivity contribution >= 4 is 33.5 Å².